The van der Waals surface area contributed by atoms with Gasteiger partial charge < -0.3 is 20.9 Å². The van der Waals surface area contributed by atoms with Gasteiger partial charge in [0, 0.05) is 20.5 Å². The standard InChI is InChI=1S/C19H31N4O6P/c1-12(24)14(13(2)25)7-8-16(26)20-9-17(27)22-15(11-30(5)6)19(29)21-10-18(28)23(3)4/h14-15H,5,7-11H2,1-4,6H3,(H2-,20,21,22,26,27,29)/p+1. The lowest BCUT2D eigenvalue weighted by Crippen LogP contribution is -2.52. The van der Waals surface area contributed by atoms with Gasteiger partial charge in [0.05, 0.1) is 39.5 Å². The summed E-state index contributed by atoms with van der Waals surface area (Å²) in [6, 6.07) is -0.877. The monoisotopic (exact) mass is 443 g/mol. The molecular weight excluding hydrogens is 411 g/mol. The van der Waals surface area contributed by atoms with Gasteiger partial charge in [0.2, 0.25) is 23.6 Å². The van der Waals surface area contributed by atoms with Gasteiger partial charge in [-0.2, -0.15) is 0 Å². The molecule has 0 aromatic rings. The van der Waals surface area contributed by atoms with Gasteiger partial charge >= 0.3 is 0 Å². The van der Waals surface area contributed by atoms with E-state index in [0.29, 0.717) is 6.16 Å². The molecule has 0 aliphatic heterocycles. The largest absolute Gasteiger partial charge is 0.347 e. The maximum atomic E-state index is 12.3. The molecule has 0 aromatic heterocycles. The van der Waals surface area contributed by atoms with Crippen molar-refractivity contribution in [2.75, 3.05) is 40.0 Å². The first kappa shape index (κ1) is 27.4. The number of Topliss-reactive ketones (excluding diaryl/α,β-unsaturated/α-hetero) is 2. The maximum absolute atomic E-state index is 12.3. The van der Waals surface area contributed by atoms with E-state index in [1.807, 2.05) is 6.66 Å². The van der Waals surface area contributed by atoms with E-state index in [1.165, 1.54) is 18.7 Å². The molecule has 0 spiro atoms. The molecule has 0 saturated carbocycles. The molecule has 0 aliphatic rings. The summed E-state index contributed by atoms with van der Waals surface area (Å²) in [4.78, 5) is 72.1. The van der Waals surface area contributed by atoms with Crippen molar-refractivity contribution in [2.24, 2.45) is 5.92 Å². The summed E-state index contributed by atoms with van der Waals surface area (Å²) in [6.07, 6.45) is 4.18. The summed E-state index contributed by atoms with van der Waals surface area (Å²) in [5.74, 6) is -3.29. The van der Waals surface area contributed by atoms with Gasteiger partial charge in [-0.25, -0.2) is 0 Å². The van der Waals surface area contributed by atoms with E-state index < -0.39 is 37.2 Å². The van der Waals surface area contributed by atoms with Crippen LogP contribution >= 0.6 is 7.55 Å². The Morgan fingerprint density at radius 3 is 1.97 bits per heavy atom. The van der Waals surface area contributed by atoms with Crippen molar-refractivity contribution in [3.63, 3.8) is 0 Å². The Hall–Kier alpha value is -2.61. The number of hydrogen-bond acceptors (Lipinski definition) is 6. The normalized spacial score (nSPS) is 11.9. The average Bonchev–Trinajstić information content (AvgIpc) is 2.62. The molecule has 10 nitrogen and oxygen atoms in total. The summed E-state index contributed by atoms with van der Waals surface area (Å²) >= 11 is 0. The van der Waals surface area contributed by atoms with E-state index in [4.69, 9.17) is 0 Å². The fourth-order valence-electron chi connectivity index (χ4n) is 2.43. The van der Waals surface area contributed by atoms with Crippen molar-refractivity contribution in [3.05, 3.63) is 0 Å². The molecule has 0 rings (SSSR count). The quantitative estimate of drug-likeness (QED) is 0.244. The fourth-order valence-corrected chi connectivity index (χ4v) is 3.31. The van der Waals surface area contributed by atoms with Crippen LogP contribution in [0.3, 0.4) is 0 Å². The summed E-state index contributed by atoms with van der Waals surface area (Å²) in [6.45, 7) is 3.87. The highest BCUT2D eigenvalue weighted by Crippen LogP contribution is 2.14. The van der Waals surface area contributed by atoms with Gasteiger partial charge in [-0.15, -0.1) is 0 Å². The third-order valence-electron chi connectivity index (χ3n) is 4.15. The zero-order chi connectivity index (χ0) is 23.4. The Kier molecular flexibility index (Phi) is 12.4. The number of amides is 4. The molecule has 0 aliphatic carbocycles. The SMILES string of the molecule is C=[P+](C)CC(NC(=O)CNC(=O)CCC(C(C)=O)C(C)=O)C(=O)NCC(=O)N(C)C. The van der Waals surface area contributed by atoms with Crippen LogP contribution in [0.15, 0.2) is 0 Å². The van der Waals surface area contributed by atoms with Crippen LogP contribution in [0.5, 0.6) is 0 Å². The topological polar surface area (TPSA) is 142 Å². The first-order chi connectivity index (χ1) is 13.8. The summed E-state index contributed by atoms with van der Waals surface area (Å²) in [5, 5.41) is 7.42. The van der Waals surface area contributed by atoms with Crippen LogP contribution in [0.25, 0.3) is 0 Å². The molecule has 0 aromatic carbocycles. The molecule has 0 saturated heterocycles. The lowest BCUT2D eigenvalue weighted by molar-refractivity contribution is -0.133. The van der Waals surface area contributed by atoms with Gasteiger partial charge in [0.15, 0.2) is 0 Å². The predicted molar refractivity (Wildman–Crippen MR) is 116 cm³/mol. The van der Waals surface area contributed by atoms with Crippen LogP contribution < -0.4 is 16.0 Å². The molecule has 0 heterocycles. The van der Waals surface area contributed by atoms with Gasteiger partial charge in [0.25, 0.3) is 0 Å². The van der Waals surface area contributed by atoms with Crippen LogP contribution in [-0.2, 0) is 28.8 Å². The second-order valence-electron chi connectivity index (χ2n) is 7.25. The van der Waals surface area contributed by atoms with Gasteiger partial charge in [-0.3, -0.25) is 28.8 Å². The van der Waals surface area contributed by atoms with Gasteiger partial charge in [-0.1, -0.05) is 0 Å². The van der Waals surface area contributed by atoms with E-state index in [9.17, 15) is 28.8 Å². The number of ketones is 2. The summed E-state index contributed by atoms with van der Waals surface area (Å²) in [7, 11) is 2.36. The zero-order valence-electron chi connectivity index (χ0n) is 18.2. The van der Waals surface area contributed by atoms with Gasteiger partial charge in [0.1, 0.15) is 23.8 Å². The Labute approximate surface area is 177 Å². The van der Waals surface area contributed by atoms with Crippen molar-refractivity contribution in [2.45, 2.75) is 32.7 Å². The Bertz CT molecular complexity index is 693. The predicted octanol–water partition coefficient (Wildman–Crippen LogP) is -1.09. The second kappa shape index (κ2) is 13.6. The first-order valence-corrected chi connectivity index (χ1v) is 11.6. The van der Waals surface area contributed by atoms with E-state index in [-0.39, 0.29) is 43.4 Å². The minimum Gasteiger partial charge on any atom is -0.347 e. The summed E-state index contributed by atoms with van der Waals surface area (Å²) in [5.41, 5.74) is 0. The van der Waals surface area contributed by atoms with Crippen molar-refractivity contribution >= 4 is 49.0 Å². The smallest absolute Gasteiger partial charge is 0.247 e. The highest BCUT2D eigenvalue weighted by atomic mass is 31.1. The van der Waals surface area contributed by atoms with Crippen molar-refractivity contribution in [3.8, 4) is 0 Å². The number of likely N-dealkylation sites (N-methyl/N-ethyl adjacent to an activating group) is 1. The van der Waals surface area contributed by atoms with Crippen molar-refractivity contribution in [1.82, 2.24) is 20.9 Å². The number of nitrogens with one attached hydrogen (secondary N) is 3. The number of hydrogen-bond donors (Lipinski definition) is 3. The molecule has 30 heavy (non-hydrogen) atoms. The molecule has 4 amide bonds. The van der Waals surface area contributed by atoms with Crippen LogP contribution in [0.4, 0.5) is 0 Å². The lowest BCUT2D eigenvalue weighted by Gasteiger charge is -2.17. The first-order valence-electron chi connectivity index (χ1n) is 9.41. The van der Waals surface area contributed by atoms with Crippen LogP contribution in [0, 0.1) is 5.92 Å². The Balaban J connectivity index is 4.64. The van der Waals surface area contributed by atoms with Crippen LogP contribution in [0.2, 0.25) is 0 Å². The average molecular weight is 443 g/mol. The zero-order valence-corrected chi connectivity index (χ0v) is 19.1. The Morgan fingerprint density at radius 2 is 1.50 bits per heavy atom. The minimum absolute atomic E-state index is 0.0741. The molecule has 2 atom stereocenters. The molecule has 2 unspecified atom stereocenters. The number of rotatable bonds is 13. The second-order valence-corrected chi connectivity index (χ2v) is 9.33. The number of carbonyl (C=O) groups excluding carboxylic acids is 6. The molecule has 0 radical (unpaired) electrons. The van der Waals surface area contributed by atoms with E-state index >= 15 is 0 Å². The van der Waals surface area contributed by atoms with E-state index in [0.717, 1.165) is 0 Å². The lowest BCUT2D eigenvalue weighted by atomic mass is 9.95. The number of nitrogens with zero attached hydrogens (tertiary/aromatic N) is 1. The van der Waals surface area contributed by atoms with Crippen molar-refractivity contribution < 1.29 is 28.8 Å². The maximum Gasteiger partial charge on any atom is 0.247 e. The highest BCUT2D eigenvalue weighted by molar-refractivity contribution is 7.55. The molecule has 0 bridgehead atoms. The molecule has 0 fully saturated rings. The van der Waals surface area contributed by atoms with Crippen molar-refractivity contribution in [1.29, 1.82) is 0 Å². The third-order valence-corrected chi connectivity index (χ3v) is 5.13. The molecule has 168 valence electrons. The number of carbonyl (C=O) groups is 6. The van der Waals surface area contributed by atoms with Crippen LogP contribution in [0.1, 0.15) is 26.7 Å². The highest BCUT2D eigenvalue weighted by Gasteiger charge is 2.26. The minimum atomic E-state index is -0.877. The molecule has 11 heteroatoms. The van der Waals surface area contributed by atoms with E-state index in [1.54, 1.807) is 14.1 Å². The third kappa shape index (κ3) is 11.4. The summed E-state index contributed by atoms with van der Waals surface area (Å²) < 4.78 is 0. The Morgan fingerprint density at radius 1 is 0.933 bits per heavy atom. The molecule has 3 N–H and O–H groups in total. The molecular formula is C19H32N4O6P+. The van der Waals surface area contributed by atoms with E-state index in [2.05, 4.69) is 22.2 Å². The fraction of sp³-hybridized carbons (Fsp3) is 0.632. The van der Waals surface area contributed by atoms with Crippen LogP contribution in [-0.4, -0.2) is 92.4 Å². The van der Waals surface area contributed by atoms with Gasteiger partial charge in [-0.05, 0) is 20.3 Å².